The Kier molecular flexibility index (Phi) is 4.59. The molecule has 2 aromatic rings. The zero-order chi connectivity index (χ0) is 14.6. The van der Waals surface area contributed by atoms with Gasteiger partial charge in [0.15, 0.2) is 0 Å². The molecule has 0 heterocycles. The van der Waals surface area contributed by atoms with E-state index in [1.54, 1.807) is 30.3 Å². The third-order valence-electron chi connectivity index (χ3n) is 2.95. The number of nitrogen functional groups attached to an aromatic ring is 1. The van der Waals surface area contributed by atoms with Crippen LogP contribution in [-0.4, -0.2) is 28.2 Å². The topological polar surface area (TPSA) is 81.4 Å². The molecule has 0 bridgehead atoms. The summed E-state index contributed by atoms with van der Waals surface area (Å²) >= 11 is 0. The van der Waals surface area contributed by atoms with E-state index in [-0.39, 0.29) is 11.4 Å². The van der Waals surface area contributed by atoms with Gasteiger partial charge in [0.05, 0.1) is 11.5 Å². The lowest BCUT2D eigenvalue weighted by Crippen LogP contribution is -2.27. The Morgan fingerprint density at radius 2 is 1.85 bits per heavy atom. The van der Waals surface area contributed by atoms with Gasteiger partial charge < -0.3 is 10.5 Å². The minimum absolute atomic E-state index is 0.235. The molecule has 0 saturated carbocycles. The van der Waals surface area contributed by atoms with Crippen LogP contribution in [0.3, 0.4) is 0 Å². The van der Waals surface area contributed by atoms with Gasteiger partial charge in [0.25, 0.3) is 0 Å². The van der Waals surface area contributed by atoms with Crippen LogP contribution in [0.4, 0.5) is 5.69 Å². The van der Waals surface area contributed by atoms with Crippen LogP contribution in [0.15, 0.2) is 41.3 Å². The Hall–Kier alpha value is -1.63. The Labute approximate surface area is 118 Å². The van der Waals surface area contributed by atoms with Crippen LogP contribution in [0.5, 0.6) is 0 Å². The number of sulfonamides is 1. The van der Waals surface area contributed by atoms with Crippen LogP contribution in [0.1, 0.15) is 6.92 Å². The molecule has 0 saturated heterocycles. The highest BCUT2D eigenvalue weighted by Gasteiger charge is 2.17. The number of hydrogen-bond donors (Lipinski definition) is 2. The normalized spacial score (nSPS) is 11.8. The largest absolute Gasteiger partial charge is 0.398 e. The third kappa shape index (κ3) is 3.09. The van der Waals surface area contributed by atoms with E-state index >= 15 is 0 Å². The number of rotatable bonds is 6. The maximum Gasteiger partial charge on any atom is 0.241 e. The lowest BCUT2D eigenvalue weighted by atomic mass is 10.1. The van der Waals surface area contributed by atoms with Crippen molar-refractivity contribution >= 4 is 26.5 Å². The van der Waals surface area contributed by atoms with Crippen LogP contribution >= 0.6 is 0 Å². The smallest absolute Gasteiger partial charge is 0.241 e. The van der Waals surface area contributed by atoms with Gasteiger partial charge >= 0.3 is 0 Å². The maximum atomic E-state index is 12.3. The van der Waals surface area contributed by atoms with E-state index in [9.17, 15) is 8.42 Å². The van der Waals surface area contributed by atoms with Gasteiger partial charge in [-0.3, -0.25) is 0 Å². The second kappa shape index (κ2) is 6.21. The van der Waals surface area contributed by atoms with Crippen molar-refractivity contribution in [3.63, 3.8) is 0 Å². The Balaban J connectivity index is 2.35. The first-order valence-electron chi connectivity index (χ1n) is 6.41. The van der Waals surface area contributed by atoms with Gasteiger partial charge in [-0.2, -0.15) is 0 Å². The number of ether oxygens (including phenoxy) is 1. The predicted molar refractivity (Wildman–Crippen MR) is 80.0 cm³/mol. The molecule has 0 amide bonds. The Morgan fingerprint density at radius 3 is 2.60 bits per heavy atom. The fourth-order valence-electron chi connectivity index (χ4n) is 2.01. The molecule has 0 aliphatic carbocycles. The quantitative estimate of drug-likeness (QED) is 0.628. The number of anilines is 1. The number of benzene rings is 2. The highest BCUT2D eigenvalue weighted by molar-refractivity contribution is 7.89. The standard InChI is InChI=1S/C14H18N2O3S/c1-2-19-10-9-16-20(17,18)14-8-4-5-11-12(14)6-3-7-13(11)15/h3-8,16H,2,9-10,15H2,1H3. The third-order valence-corrected chi connectivity index (χ3v) is 4.47. The fraction of sp³-hybridized carbons (Fsp3) is 0.286. The van der Waals surface area contributed by atoms with Crippen molar-refractivity contribution in [3.8, 4) is 0 Å². The van der Waals surface area contributed by atoms with Crippen LogP contribution < -0.4 is 10.5 Å². The van der Waals surface area contributed by atoms with E-state index in [1.807, 2.05) is 13.0 Å². The summed E-state index contributed by atoms with van der Waals surface area (Å²) in [5.74, 6) is 0. The molecule has 0 atom stereocenters. The molecule has 0 aromatic heterocycles. The summed E-state index contributed by atoms with van der Waals surface area (Å²) in [6, 6.07) is 10.3. The second-order valence-corrected chi connectivity index (χ2v) is 6.03. The van der Waals surface area contributed by atoms with E-state index in [0.29, 0.717) is 24.3 Å². The van der Waals surface area contributed by atoms with Crippen molar-refractivity contribution in [3.05, 3.63) is 36.4 Å². The SMILES string of the molecule is CCOCCNS(=O)(=O)c1cccc2c(N)cccc12. The number of hydrogen-bond acceptors (Lipinski definition) is 4. The zero-order valence-electron chi connectivity index (χ0n) is 11.3. The van der Waals surface area contributed by atoms with Crippen LogP contribution in [0.2, 0.25) is 0 Å². The first-order valence-corrected chi connectivity index (χ1v) is 7.89. The summed E-state index contributed by atoms with van der Waals surface area (Å²) in [4.78, 5) is 0.235. The molecule has 0 radical (unpaired) electrons. The molecule has 2 aromatic carbocycles. The molecule has 0 aliphatic rings. The van der Waals surface area contributed by atoms with E-state index in [2.05, 4.69) is 4.72 Å². The van der Waals surface area contributed by atoms with Gasteiger partial charge in [0, 0.05) is 29.6 Å². The molecule has 20 heavy (non-hydrogen) atoms. The van der Waals surface area contributed by atoms with Gasteiger partial charge in [-0.05, 0) is 19.1 Å². The Bertz CT molecular complexity index is 699. The van der Waals surface area contributed by atoms with Gasteiger partial charge in [-0.25, -0.2) is 13.1 Å². The summed E-state index contributed by atoms with van der Waals surface area (Å²) < 4.78 is 32.3. The summed E-state index contributed by atoms with van der Waals surface area (Å²) in [5, 5.41) is 1.36. The van der Waals surface area contributed by atoms with Crippen molar-refractivity contribution in [2.24, 2.45) is 0 Å². The fourth-order valence-corrected chi connectivity index (χ4v) is 3.24. The Morgan fingerprint density at radius 1 is 1.15 bits per heavy atom. The average molecular weight is 294 g/mol. The summed E-state index contributed by atoms with van der Waals surface area (Å²) in [5.41, 5.74) is 6.44. The number of fused-ring (bicyclic) bond motifs is 1. The minimum atomic E-state index is -3.57. The van der Waals surface area contributed by atoms with Crippen molar-refractivity contribution in [1.29, 1.82) is 0 Å². The maximum absolute atomic E-state index is 12.3. The summed E-state index contributed by atoms with van der Waals surface area (Å²) in [7, 11) is -3.57. The molecule has 6 heteroatoms. The van der Waals surface area contributed by atoms with Crippen molar-refractivity contribution in [2.45, 2.75) is 11.8 Å². The van der Waals surface area contributed by atoms with E-state index in [0.717, 1.165) is 5.39 Å². The first kappa shape index (κ1) is 14.8. The summed E-state index contributed by atoms with van der Waals surface area (Å²) in [6.07, 6.45) is 0. The van der Waals surface area contributed by atoms with Crippen molar-refractivity contribution < 1.29 is 13.2 Å². The molecular formula is C14H18N2O3S. The minimum Gasteiger partial charge on any atom is -0.398 e. The highest BCUT2D eigenvalue weighted by atomic mass is 32.2. The van der Waals surface area contributed by atoms with E-state index in [4.69, 9.17) is 10.5 Å². The second-order valence-electron chi connectivity index (χ2n) is 4.29. The van der Waals surface area contributed by atoms with E-state index in [1.165, 1.54) is 0 Å². The molecule has 0 aliphatic heterocycles. The first-order chi connectivity index (χ1) is 9.56. The molecule has 3 N–H and O–H groups in total. The lowest BCUT2D eigenvalue weighted by Gasteiger charge is -2.10. The molecule has 0 spiro atoms. The zero-order valence-corrected chi connectivity index (χ0v) is 12.1. The van der Waals surface area contributed by atoms with Crippen molar-refractivity contribution in [2.75, 3.05) is 25.5 Å². The molecule has 5 nitrogen and oxygen atoms in total. The monoisotopic (exact) mass is 294 g/mol. The van der Waals surface area contributed by atoms with Crippen LogP contribution in [-0.2, 0) is 14.8 Å². The van der Waals surface area contributed by atoms with Crippen molar-refractivity contribution in [1.82, 2.24) is 4.72 Å². The van der Waals surface area contributed by atoms with Crippen LogP contribution in [0, 0.1) is 0 Å². The van der Waals surface area contributed by atoms with E-state index < -0.39 is 10.0 Å². The molecule has 0 fully saturated rings. The number of nitrogens with one attached hydrogen (secondary N) is 1. The molecule has 0 unspecified atom stereocenters. The number of nitrogens with two attached hydrogens (primary N) is 1. The molecule has 2 rings (SSSR count). The lowest BCUT2D eigenvalue weighted by molar-refractivity contribution is 0.153. The van der Waals surface area contributed by atoms with Gasteiger partial charge in [-0.15, -0.1) is 0 Å². The molecular weight excluding hydrogens is 276 g/mol. The van der Waals surface area contributed by atoms with Gasteiger partial charge in [-0.1, -0.05) is 24.3 Å². The highest BCUT2D eigenvalue weighted by Crippen LogP contribution is 2.26. The van der Waals surface area contributed by atoms with Gasteiger partial charge in [0.1, 0.15) is 0 Å². The van der Waals surface area contributed by atoms with Crippen LogP contribution in [0.25, 0.3) is 10.8 Å². The van der Waals surface area contributed by atoms with Gasteiger partial charge in [0.2, 0.25) is 10.0 Å². The molecule has 108 valence electrons. The predicted octanol–water partition coefficient (Wildman–Crippen LogP) is 1.74. The average Bonchev–Trinajstić information content (AvgIpc) is 2.43. The summed E-state index contributed by atoms with van der Waals surface area (Å²) in [6.45, 7) is 3.02.